The number of hydrogen-bond donors (Lipinski definition) is 2. The molecule has 12 heteroatoms. The maximum absolute atomic E-state index is 13.2. The molecule has 1 aromatic heterocycles. The smallest absolute Gasteiger partial charge is 0.278 e. The van der Waals surface area contributed by atoms with Crippen molar-refractivity contribution in [1.29, 1.82) is 5.26 Å². The Morgan fingerprint density at radius 3 is 2.51 bits per heavy atom. The van der Waals surface area contributed by atoms with E-state index in [1.165, 1.54) is 0 Å². The molecule has 2 heterocycles. The first kappa shape index (κ1) is 25.3. The second-order valence-electron chi connectivity index (χ2n) is 9.26. The summed E-state index contributed by atoms with van der Waals surface area (Å²) >= 11 is 0. The van der Waals surface area contributed by atoms with Gasteiger partial charge in [-0.2, -0.15) is 28.2 Å². The number of aryl methyl sites for hydroxylation is 1. The number of ether oxygens (including phenoxy) is 2. The van der Waals surface area contributed by atoms with Crippen LogP contribution in [0.1, 0.15) is 30.9 Å². The standard InChI is InChI=1S/C25H25F2N5O4S/c1-2-32-23(36-21-8-6-17(14-28)7-9-21)11-22(29-32)18-4-3-5-19(10-18)24(15-35-16-24)31-37(33,34)30-20-12-25(26,27)13-20/h3-11,20,30-31H,2,12-13,15-16H2,1H3. The third-order valence-electron chi connectivity index (χ3n) is 6.40. The van der Waals surface area contributed by atoms with Gasteiger partial charge in [-0.3, -0.25) is 0 Å². The van der Waals surface area contributed by atoms with Crippen LogP contribution in [0, 0.1) is 11.3 Å². The highest BCUT2D eigenvalue weighted by Gasteiger charge is 2.49. The Labute approximate surface area is 213 Å². The Kier molecular flexibility index (Phi) is 6.49. The van der Waals surface area contributed by atoms with E-state index in [1.807, 2.05) is 19.1 Å². The number of nitriles is 1. The SMILES string of the molecule is CCn1nc(-c2cccc(C3(NS(=O)(=O)NC4CC(F)(F)C4)COC3)c2)cc1Oc1ccc(C#N)cc1. The van der Waals surface area contributed by atoms with E-state index in [1.54, 1.807) is 47.1 Å². The Morgan fingerprint density at radius 2 is 1.92 bits per heavy atom. The van der Waals surface area contributed by atoms with Crippen molar-refractivity contribution in [3.63, 3.8) is 0 Å². The Morgan fingerprint density at radius 1 is 1.19 bits per heavy atom. The van der Waals surface area contributed by atoms with E-state index in [9.17, 15) is 17.2 Å². The zero-order valence-electron chi connectivity index (χ0n) is 19.9. The van der Waals surface area contributed by atoms with Crippen molar-refractivity contribution in [3.8, 4) is 29.0 Å². The molecule has 1 aliphatic carbocycles. The minimum atomic E-state index is -4.06. The van der Waals surface area contributed by atoms with Gasteiger partial charge in [0.1, 0.15) is 11.3 Å². The average molecular weight is 530 g/mol. The summed E-state index contributed by atoms with van der Waals surface area (Å²) in [5.41, 5.74) is 1.54. The van der Waals surface area contributed by atoms with Gasteiger partial charge in [0.25, 0.3) is 16.1 Å². The van der Waals surface area contributed by atoms with Crippen molar-refractivity contribution in [2.75, 3.05) is 13.2 Å². The summed E-state index contributed by atoms with van der Waals surface area (Å²) in [7, 11) is -4.06. The van der Waals surface area contributed by atoms with Gasteiger partial charge in [-0.1, -0.05) is 18.2 Å². The van der Waals surface area contributed by atoms with Crippen LogP contribution in [-0.4, -0.2) is 43.4 Å². The molecule has 0 atom stereocenters. The van der Waals surface area contributed by atoms with Gasteiger partial charge in [0.15, 0.2) is 0 Å². The predicted octanol–water partition coefficient (Wildman–Crippen LogP) is 3.68. The summed E-state index contributed by atoms with van der Waals surface area (Å²) in [5.74, 6) is -1.76. The van der Waals surface area contributed by atoms with Gasteiger partial charge in [-0.05, 0) is 42.8 Å². The first-order valence-electron chi connectivity index (χ1n) is 11.7. The summed E-state index contributed by atoms with van der Waals surface area (Å²) in [6, 6.07) is 17.1. The second kappa shape index (κ2) is 9.50. The molecule has 0 radical (unpaired) electrons. The van der Waals surface area contributed by atoms with Crippen molar-refractivity contribution in [2.24, 2.45) is 0 Å². The normalized spacial score (nSPS) is 18.4. The minimum absolute atomic E-state index is 0.106. The van der Waals surface area contributed by atoms with E-state index in [2.05, 4.69) is 20.6 Å². The maximum Gasteiger partial charge on any atom is 0.278 e. The molecular formula is C25H25F2N5O4S. The molecule has 3 aromatic rings. The molecule has 1 saturated heterocycles. The first-order valence-corrected chi connectivity index (χ1v) is 13.2. The van der Waals surface area contributed by atoms with Crippen molar-refractivity contribution in [1.82, 2.24) is 19.2 Å². The van der Waals surface area contributed by atoms with Gasteiger partial charge < -0.3 is 9.47 Å². The van der Waals surface area contributed by atoms with E-state index in [-0.39, 0.29) is 13.2 Å². The molecule has 37 heavy (non-hydrogen) atoms. The molecule has 2 aromatic carbocycles. The summed E-state index contributed by atoms with van der Waals surface area (Å²) in [5, 5.41) is 13.6. The summed E-state index contributed by atoms with van der Waals surface area (Å²) in [4.78, 5) is 0. The highest BCUT2D eigenvalue weighted by molar-refractivity contribution is 7.87. The van der Waals surface area contributed by atoms with E-state index in [4.69, 9.17) is 14.7 Å². The molecular weight excluding hydrogens is 504 g/mol. The molecule has 0 bridgehead atoms. The van der Waals surface area contributed by atoms with Crippen LogP contribution in [0.3, 0.4) is 0 Å². The van der Waals surface area contributed by atoms with Crippen LogP contribution >= 0.6 is 0 Å². The highest BCUT2D eigenvalue weighted by atomic mass is 32.2. The maximum atomic E-state index is 13.2. The molecule has 2 fully saturated rings. The molecule has 2 aliphatic rings. The van der Waals surface area contributed by atoms with Crippen LogP contribution in [0.5, 0.6) is 11.6 Å². The van der Waals surface area contributed by atoms with E-state index >= 15 is 0 Å². The number of alkyl halides is 2. The van der Waals surface area contributed by atoms with Crippen molar-refractivity contribution >= 4 is 10.2 Å². The van der Waals surface area contributed by atoms with Crippen LogP contribution < -0.4 is 14.2 Å². The lowest BCUT2D eigenvalue weighted by Crippen LogP contribution is -2.63. The number of aromatic nitrogens is 2. The topological polar surface area (TPSA) is 118 Å². The molecule has 1 aliphatic heterocycles. The number of hydrogen-bond acceptors (Lipinski definition) is 6. The van der Waals surface area contributed by atoms with E-state index in [0.29, 0.717) is 35.0 Å². The van der Waals surface area contributed by atoms with Crippen LogP contribution in [0.2, 0.25) is 0 Å². The molecule has 0 unspecified atom stereocenters. The fourth-order valence-electron chi connectivity index (χ4n) is 4.39. The van der Waals surface area contributed by atoms with Crippen molar-refractivity contribution in [2.45, 2.75) is 43.8 Å². The Bertz CT molecular complexity index is 1440. The lowest BCUT2D eigenvalue weighted by molar-refractivity contribution is -0.0884. The van der Waals surface area contributed by atoms with Crippen molar-refractivity contribution < 1.29 is 26.7 Å². The third kappa shape index (κ3) is 5.35. The molecule has 5 rings (SSSR count). The van der Waals surface area contributed by atoms with E-state index in [0.717, 1.165) is 5.56 Å². The monoisotopic (exact) mass is 529 g/mol. The van der Waals surface area contributed by atoms with Crippen LogP contribution in [-0.2, 0) is 27.0 Å². The van der Waals surface area contributed by atoms with Gasteiger partial charge in [-0.15, -0.1) is 0 Å². The first-order chi connectivity index (χ1) is 17.6. The Hall–Kier alpha value is -3.37. The molecule has 0 spiro atoms. The molecule has 2 N–H and O–H groups in total. The number of halogens is 2. The largest absolute Gasteiger partial charge is 0.439 e. The van der Waals surface area contributed by atoms with Crippen LogP contribution in [0.25, 0.3) is 11.3 Å². The number of benzene rings is 2. The zero-order valence-corrected chi connectivity index (χ0v) is 20.8. The van der Waals surface area contributed by atoms with Crippen molar-refractivity contribution in [3.05, 3.63) is 65.7 Å². The summed E-state index contributed by atoms with van der Waals surface area (Å²) < 4.78 is 69.7. The third-order valence-corrected chi connectivity index (χ3v) is 7.70. The lowest BCUT2D eigenvalue weighted by Gasteiger charge is -2.43. The molecule has 9 nitrogen and oxygen atoms in total. The minimum Gasteiger partial charge on any atom is -0.439 e. The lowest BCUT2D eigenvalue weighted by atomic mass is 9.88. The fourth-order valence-corrected chi connectivity index (χ4v) is 5.80. The number of nitrogens with one attached hydrogen (secondary N) is 2. The van der Waals surface area contributed by atoms with Gasteiger partial charge in [0.05, 0.1) is 30.5 Å². The zero-order chi connectivity index (χ0) is 26.3. The summed E-state index contributed by atoms with van der Waals surface area (Å²) in [6.07, 6.45) is -1.03. The average Bonchev–Trinajstić information content (AvgIpc) is 3.23. The van der Waals surface area contributed by atoms with Gasteiger partial charge in [0.2, 0.25) is 5.88 Å². The number of nitrogens with zero attached hydrogens (tertiary/aromatic N) is 3. The highest BCUT2D eigenvalue weighted by Crippen LogP contribution is 2.38. The fraction of sp³-hybridized carbons (Fsp3) is 0.360. The number of rotatable bonds is 9. The van der Waals surface area contributed by atoms with Gasteiger partial charge >= 0.3 is 0 Å². The van der Waals surface area contributed by atoms with Crippen LogP contribution in [0.15, 0.2) is 54.6 Å². The molecule has 194 valence electrons. The summed E-state index contributed by atoms with van der Waals surface area (Å²) in [6.45, 7) is 2.69. The Balaban J connectivity index is 1.36. The van der Waals surface area contributed by atoms with Gasteiger partial charge in [-0.25, -0.2) is 13.5 Å². The second-order valence-corrected chi connectivity index (χ2v) is 10.7. The van der Waals surface area contributed by atoms with E-state index < -0.39 is 40.6 Å². The molecule has 1 saturated carbocycles. The molecule has 0 amide bonds. The predicted molar refractivity (Wildman–Crippen MR) is 130 cm³/mol. The van der Waals surface area contributed by atoms with Crippen LogP contribution in [0.4, 0.5) is 8.78 Å². The quantitative estimate of drug-likeness (QED) is 0.437. The van der Waals surface area contributed by atoms with Gasteiger partial charge in [0, 0.05) is 37.1 Å².